The topological polar surface area (TPSA) is 25.2 Å². The summed E-state index contributed by atoms with van der Waals surface area (Å²) in [5.41, 5.74) is 0.879. The van der Waals surface area contributed by atoms with Crippen molar-refractivity contribution in [3.05, 3.63) is 48.0 Å². The number of hydrogen-bond donors (Lipinski definition) is 1. The highest BCUT2D eigenvalue weighted by atomic mass is 19.1. The Bertz CT molecular complexity index is 575. The van der Waals surface area contributed by atoms with Crippen molar-refractivity contribution in [2.75, 3.05) is 6.54 Å². The first-order chi connectivity index (χ1) is 9.29. The first-order valence-electron chi connectivity index (χ1n) is 6.24. The van der Waals surface area contributed by atoms with Gasteiger partial charge >= 0.3 is 0 Å². The summed E-state index contributed by atoms with van der Waals surface area (Å²) in [4.78, 5) is 0. The molecule has 98 valence electrons. The fourth-order valence-corrected chi connectivity index (χ4v) is 1.73. The number of furan rings is 1. The maximum Gasteiger partial charge on any atom is 0.134 e. The molecule has 0 bridgehead atoms. The summed E-state index contributed by atoms with van der Waals surface area (Å²) >= 11 is 0. The van der Waals surface area contributed by atoms with Crippen molar-refractivity contribution in [2.45, 2.75) is 19.9 Å². The standard InChI is InChI=1S/C16H16FNO/c1-2-3-4-11-18-12-15-9-10-16(19-15)13-5-7-14(17)8-6-13/h5-10,18H,4,11-12H2,1H3. The predicted octanol–water partition coefficient (Wildman–Crippen LogP) is 3.59. The van der Waals surface area contributed by atoms with Crippen molar-refractivity contribution < 1.29 is 8.81 Å². The van der Waals surface area contributed by atoms with Gasteiger partial charge in [0, 0.05) is 18.5 Å². The number of benzene rings is 1. The molecule has 1 heterocycles. The van der Waals surface area contributed by atoms with E-state index in [1.807, 2.05) is 19.1 Å². The van der Waals surface area contributed by atoms with Crippen molar-refractivity contribution in [3.63, 3.8) is 0 Å². The van der Waals surface area contributed by atoms with E-state index in [1.165, 1.54) is 12.1 Å². The summed E-state index contributed by atoms with van der Waals surface area (Å²) in [5.74, 6) is 7.22. The summed E-state index contributed by atoms with van der Waals surface area (Å²) in [5, 5.41) is 3.25. The average molecular weight is 257 g/mol. The molecule has 19 heavy (non-hydrogen) atoms. The van der Waals surface area contributed by atoms with Gasteiger partial charge in [-0.05, 0) is 43.3 Å². The maximum absolute atomic E-state index is 12.8. The molecule has 1 aromatic heterocycles. The van der Waals surface area contributed by atoms with Crippen molar-refractivity contribution in [2.24, 2.45) is 0 Å². The highest BCUT2D eigenvalue weighted by Gasteiger charge is 2.04. The minimum Gasteiger partial charge on any atom is -0.460 e. The second-order valence-electron chi connectivity index (χ2n) is 4.13. The van der Waals surface area contributed by atoms with E-state index >= 15 is 0 Å². The van der Waals surface area contributed by atoms with Crippen molar-refractivity contribution in [1.29, 1.82) is 0 Å². The van der Waals surface area contributed by atoms with Crippen LogP contribution in [0.15, 0.2) is 40.8 Å². The zero-order valence-electron chi connectivity index (χ0n) is 10.9. The highest BCUT2D eigenvalue weighted by Crippen LogP contribution is 2.22. The molecule has 0 spiro atoms. The fraction of sp³-hybridized carbons (Fsp3) is 0.250. The van der Waals surface area contributed by atoms with E-state index < -0.39 is 0 Å². The van der Waals surface area contributed by atoms with Crippen LogP contribution in [-0.2, 0) is 6.54 Å². The van der Waals surface area contributed by atoms with Gasteiger partial charge in [-0.3, -0.25) is 0 Å². The first kappa shape index (κ1) is 13.4. The third-order valence-corrected chi connectivity index (χ3v) is 2.69. The molecule has 0 aliphatic carbocycles. The largest absolute Gasteiger partial charge is 0.460 e. The molecule has 0 radical (unpaired) electrons. The minimum atomic E-state index is -0.241. The summed E-state index contributed by atoms with van der Waals surface area (Å²) in [7, 11) is 0. The van der Waals surface area contributed by atoms with Gasteiger partial charge in [-0.2, -0.15) is 0 Å². The van der Waals surface area contributed by atoms with Crippen LogP contribution in [0.5, 0.6) is 0 Å². The van der Waals surface area contributed by atoms with Gasteiger partial charge in [-0.15, -0.1) is 11.8 Å². The summed E-state index contributed by atoms with van der Waals surface area (Å²) in [6.07, 6.45) is 0.835. The van der Waals surface area contributed by atoms with E-state index in [4.69, 9.17) is 4.42 Å². The molecule has 0 saturated carbocycles. The van der Waals surface area contributed by atoms with Crippen LogP contribution < -0.4 is 5.32 Å². The normalized spacial score (nSPS) is 10.0. The molecule has 2 rings (SSSR count). The Morgan fingerprint density at radius 2 is 1.95 bits per heavy atom. The number of rotatable bonds is 5. The quantitative estimate of drug-likeness (QED) is 0.654. The van der Waals surface area contributed by atoms with Gasteiger partial charge in [0.2, 0.25) is 0 Å². The predicted molar refractivity (Wildman–Crippen MR) is 73.9 cm³/mol. The number of halogens is 1. The van der Waals surface area contributed by atoms with Crippen LogP contribution in [0.3, 0.4) is 0 Å². The molecule has 0 aliphatic rings. The third kappa shape index (κ3) is 3.97. The van der Waals surface area contributed by atoms with Gasteiger partial charge in [0.05, 0.1) is 6.54 Å². The Balaban J connectivity index is 1.91. The van der Waals surface area contributed by atoms with Crippen LogP contribution >= 0.6 is 0 Å². The van der Waals surface area contributed by atoms with E-state index in [-0.39, 0.29) is 5.82 Å². The molecule has 2 nitrogen and oxygen atoms in total. The lowest BCUT2D eigenvalue weighted by Crippen LogP contribution is -2.13. The van der Waals surface area contributed by atoms with E-state index in [9.17, 15) is 4.39 Å². The van der Waals surface area contributed by atoms with Gasteiger partial charge in [0.1, 0.15) is 17.3 Å². The fourth-order valence-electron chi connectivity index (χ4n) is 1.73. The molecule has 0 saturated heterocycles. The Labute approximate surface area is 112 Å². The maximum atomic E-state index is 12.8. The van der Waals surface area contributed by atoms with E-state index in [2.05, 4.69) is 17.2 Å². The van der Waals surface area contributed by atoms with Gasteiger partial charge in [0.25, 0.3) is 0 Å². The monoisotopic (exact) mass is 257 g/mol. The molecule has 0 amide bonds. The molecule has 3 heteroatoms. The van der Waals surface area contributed by atoms with Crippen LogP contribution in [0.2, 0.25) is 0 Å². The highest BCUT2D eigenvalue weighted by molar-refractivity contribution is 5.57. The van der Waals surface area contributed by atoms with E-state index in [0.717, 1.165) is 30.0 Å². The third-order valence-electron chi connectivity index (χ3n) is 2.69. The van der Waals surface area contributed by atoms with Crippen LogP contribution in [0, 0.1) is 17.7 Å². The molecule has 1 aromatic carbocycles. The summed E-state index contributed by atoms with van der Waals surface area (Å²) in [6.45, 7) is 3.35. The number of nitrogens with one attached hydrogen (secondary N) is 1. The molecule has 2 aromatic rings. The molecule has 0 unspecified atom stereocenters. The number of hydrogen-bond acceptors (Lipinski definition) is 2. The molecule has 1 N–H and O–H groups in total. The van der Waals surface area contributed by atoms with E-state index in [0.29, 0.717) is 6.54 Å². The molecule has 0 aliphatic heterocycles. The molecular formula is C16H16FNO. The SMILES string of the molecule is CC#CCCNCc1ccc(-c2ccc(F)cc2)o1. The second kappa shape index (κ2) is 6.77. The van der Waals surface area contributed by atoms with Gasteiger partial charge in [-0.25, -0.2) is 4.39 Å². The van der Waals surface area contributed by atoms with Crippen molar-refractivity contribution >= 4 is 0 Å². The Kier molecular flexibility index (Phi) is 4.77. The van der Waals surface area contributed by atoms with Crippen LogP contribution in [0.25, 0.3) is 11.3 Å². The lowest BCUT2D eigenvalue weighted by Gasteiger charge is -1.99. The molecule has 0 atom stereocenters. The molecular weight excluding hydrogens is 241 g/mol. The van der Waals surface area contributed by atoms with Crippen LogP contribution in [-0.4, -0.2) is 6.54 Å². The smallest absolute Gasteiger partial charge is 0.134 e. The second-order valence-corrected chi connectivity index (χ2v) is 4.13. The first-order valence-corrected chi connectivity index (χ1v) is 6.24. The zero-order chi connectivity index (χ0) is 13.5. The summed E-state index contributed by atoms with van der Waals surface area (Å²) in [6, 6.07) is 10.1. The minimum absolute atomic E-state index is 0.241. The van der Waals surface area contributed by atoms with E-state index in [1.54, 1.807) is 12.1 Å². The lowest BCUT2D eigenvalue weighted by atomic mass is 10.2. The van der Waals surface area contributed by atoms with Crippen molar-refractivity contribution in [1.82, 2.24) is 5.32 Å². The Morgan fingerprint density at radius 1 is 1.16 bits per heavy atom. The Morgan fingerprint density at radius 3 is 2.68 bits per heavy atom. The van der Waals surface area contributed by atoms with Gasteiger partial charge in [0.15, 0.2) is 0 Å². The van der Waals surface area contributed by atoms with Gasteiger partial charge < -0.3 is 9.73 Å². The van der Waals surface area contributed by atoms with Crippen LogP contribution in [0.4, 0.5) is 4.39 Å². The summed E-state index contributed by atoms with van der Waals surface area (Å²) < 4.78 is 18.5. The Hall–Kier alpha value is -2.05. The average Bonchev–Trinajstić information content (AvgIpc) is 2.88. The van der Waals surface area contributed by atoms with Crippen molar-refractivity contribution in [3.8, 4) is 23.2 Å². The van der Waals surface area contributed by atoms with Crippen LogP contribution in [0.1, 0.15) is 19.1 Å². The van der Waals surface area contributed by atoms with Gasteiger partial charge in [-0.1, -0.05) is 0 Å². The lowest BCUT2D eigenvalue weighted by molar-refractivity contribution is 0.496. The molecule has 0 fully saturated rings. The zero-order valence-corrected chi connectivity index (χ0v) is 10.9.